The van der Waals surface area contributed by atoms with Crippen molar-refractivity contribution in [1.29, 1.82) is 0 Å². The summed E-state index contributed by atoms with van der Waals surface area (Å²) < 4.78 is 11.3. The van der Waals surface area contributed by atoms with Crippen molar-refractivity contribution in [3.8, 4) is 11.5 Å². The Hall–Kier alpha value is -3.58. The van der Waals surface area contributed by atoms with E-state index in [-0.39, 0.29) is 12.8 Å². The van der Waals surface area contributed by atoms with Gasteiger partial charge in [0.2, 0.25) is 0 Å². The molecule has 1 fully saturated rings. The molecule has 0 spiro atoms. The molecule has 1 saturated heterocycles. The summed E-state index contributed by atoms with van der Waals surface area (Å²) in [5.41, 5.74) is 3.99. The minimum Gasteiger partial charge on any atom is -0.426 e. The number of nitrogens with zero attached hydrogens (tertiary/aromatic N) is 1. The van der Waals surface area contributed by atoms with E-state index >= 15 is 0 Å². The molecule has 0 unspecified atom stereocenters. The normalized spacial score (nSPS) is 16.4. The zero-order valence-electron chi connectivity index (χ0n) is 19.5. The third-order valence-electron chi connectivity index (χ3n) is 6.72. The Morgan fingerprint density at radius 1 is 0.941 bits per heavy atom. The molecule has 0 radical (unpaired) electrons. The molecule has 0 saturated carbocycles. The summed E-state index contributed by atoms with van der Waals surface area (Å²) in [6.45, 7) is 3.07. The molecular weight excluding hydrogens is 430 g/mol. The van der Waals surface area contributed by atoms with Crippen LogP contribution in [0.4, 0.5) is 0 Å². The van der Waals surface area contributed by atoms with Crippen molar-refractivity contribution in [2.24, 2.45) is 0 Å². The maximum absolute atomic E-state index is 12.6. The first kappa shape index (κ1) is 22.2. The Kier molecular flexibility index (Phi) is 6.11. The van der Waals surface area contributed by atoms with Gasteiger partial charge in [0.25, 0.3) is 0 Å². The highest BCUT2D eigenvalue weighted by Gasteiger charge is 2.23. The first-order valence-corrected chi connectivity index (χ1v) is 11.8. The molecule has 0 aliphatic carbocycles. The third-order valence-corrected chi connectivity index (χ3v) is 6.72. The van der Waals surface area contributed by atoms with E-state index in [1.807, 2.05) is 49.6 Å². The number of esters is 2. The van der Waals surface area contributed by atoms with E-state index in [0.29, 0.717) is 17.5 Å². The summed E-state index contributed by atoms with van der Waals surface area (Å²) in [6, 6.07) is 11.7. The number of likely N-dealkylation sites (tertiary alicyclic amines) is 1. The molecule has 176 valence electrons. The molecule has 1 atom stereocenters. The van der Waals surface area contributed by atoms with Crippen molar-refractivity contribution < 1.29 is 19.1 Å². The number of benzene rings is 2. The van der Waals surface area contributed by atoms with Crippen molar-refractivity contribution in [2.45, 2.75) is 45.1 Å². The van der Waals surface area contributed by atoms with Crippen LogP contribution in [0.25, 0.3) is 21.8 Å². The number of ether oxygens (including phenoxy) is 2. The first-order valence-electron chi connectivity index (χ1n) is 11.8. The number of fused-ring (bicyclic) bond motifs is 2. The average molecular weight is 460 g/mol. The van der Waals surface area contributed by atoms with E-state index in [4.69, 9.17) is 9.47 Å². The van der Waals surface area contributed by atoms with Gasteiger partial charge in [-0.1, -0.05) is 12.1 Å². The van der Waals surface area contributed by atoms with Gasteiger partial charge in [0, 0.05) is 40.2 Å². The smallest absolute Gasteiger partial charge is 0.311 e. The number of aryl methyl sites for hydroxylation is 1. The molecule has 1 aliphatic rings. The maximum atomic E-state index is 12.6. The highest BCUT2D eigenvalue weighted by atomic mass is 16.5. The van der Waals surface area contributed by atoms with Crippen LogP contribution in [0, 0.1) is 6.92 Å². The van der Waals surface area contributed by atoms with E-state index in [1.165, 1.54) is 12.8 Å². The molecule has 7 heteroatoms. The molecule has 3 heterocycles. The maximum Gasteiger partial charge on any atom is 0.311 e. The molecule has 0 amide bonds. The second-order valence-corrected chi connectivity index (χ2v) is 9.07. The number of carbonyl (C=O) groups is 2. The summed E-state index contributed by atoms with van der Waals surface area (Å²) in [5.74, 6) is 0.106. The number of H-pyrrole nitrogens is 2. The van der Waals surface area contributed by atoms with Gasteiger partial charge in [0.05, 0.1) is 12.8 Å². The van der Waals surface area contributed by atoms with E-state index in [0.717, 1.165) is 45.9 Å². The van der Waals surface area contributed by atoms with Crippen LogP contribution in [0.15, 0.2) is 48.8 Å². The Labute approximate surface area is 198 Å². The third kappa shape index (κ3) is 4.43. The van der Waals surface area contributed by atoms with E-state index in [2.05, 4.69) is 21.9 Å². The Balaban J connectivity index is 1.24. The lowest BCUT2D eigenvalue weighted by molar-refractivity contribution is -0.140. The van der Waals surface area contributed by atoms with Gasteiger partial charge in [-0.3, -0.25) is 9.59 Å². The van der Waals surface area contributed by atoms with Crippen LogP contribution in [-0.4, -0.2) is 46.4 Å². The number of rotatable bonds is 7. The second kappa shape index (κ2) is 9.35. The summed E-state index contributed by atoms with van der Waals surface area (Å²) >= 11 is 0. The van der Waals surface area contributed by atoms with Gasteiger partial charge in [-0.2, -0.15) is 0 Å². The number of likely N-dealkylation sites (N-methyl/N-ethyl adjacent to an activating group) is 1. The monoisotopic (exact) mass is 459 g/mol. The topological polar surface area (TPSA) is 87.4 Å². The molecule has 0 bridgehead atoms. The number of aromatic nitrogens is 2. The largest absolute Gasteiger partial charge is 0.426 e. The standard InChI is InChI=1S/C27H29N3O4/c1-17-15-28-20-7-3-9-22(26(17)20)33-24(31)11-12-25(32)34-23-10-4-8-21-27(23)18(16-29-21)14-19-6-5-13-30(19)2/h3-4,7-10,15-16,19,28-29H,5-6,11-14H2,1-2H3/t19-/m1/s1. The van der Waals surface area contributed by atoms with Crippen LogP contribution in [0.2, 0.25) is 0 Å². The highest BCUT2D eigenvalue weighted by Crippen LogP contribution is 2.32. The van der Waals surface area contributed by atoms with Crippen LogP contribution in [0.3, 0.4) is 0 Å². The van der Waals surface area contributed by atoms with Gasteiger partial charge in [-0.05, 0) is 75.2 Å². The molecule has 2 aromatic carbocycles. The van der Waals surface area contributed by atoms with Crippen molar-refractivity contribution in [3.63, 3.8) is 0 Å². The molecule has 7 nitrogen and oxygen atoms in total. The number of hydrogen-bond donors (Lipinski definition) is 2. The Morgan fingerprint density at radius 2 is 1.56 bits per heavy atom. The van der Waals surface area contributed by atoms with E-state index in [9.17, 15) is 9.59 Å². The minimum atomic E-state index is -0.463. The first-order chi connectivity index (χ1) is 16.5. The van der Waals surface area contributed by atoms with Gasteiger partial charge in [-0.15, -0.1) is 0 Å². The molecule has 5 rings (SSSR count). The van der Waals surface area contributed by atoms with Gasteiger partial charge < -0.3 is 24.3 Å². The fourth-order valence-corrected chi connectivity index (χ4v) is 4.91. The zero-order chi connectivity index (χ0) is 23.7. The van der Waals surface area contributed by atoms with E-state index in [1.54, 1.807) is 6.07 Å². The predicted molar refractivity (Wildman–Crippen MR) is 131 cm³/mol. The molecule has 2 aromatic heterocycles. The van der Waals surface area contributed by atoms with Crippen LogP contribution in [-0.2, 0) is 16.0 Å². The Morgan fingerprint density at radius 3 is 2.21 bits per heavy atom. The van der Waals surface area contributed by atoms with Crippen molar-refractivity contribution in [3.05, 3.63) is 59.9 Å². The van der Waals surface area contributed by atoms with E-state index < -0.39 is 11.9 Å². The van der Waals surface area contributed by atoms with Crippen molar-refractivity contribution in [2.75, 3.05) is 13.6 Å². The lowest BCUT2D eigenvalue weighted by Crippen LogP contribution is -2.26. The Bertz CT molecular complexity index is 1350. The summed E-state index contributed by atoms with van der Waals surface area (Å²) in [6.07, 6.45) is 7.06. The summed E-state index contributed by atoms with van der Waals surface area (Å²) in [5, 5.41) is 1.81. The van der Waals surface area contributed by atoms with Crippen LogP contribution < -0.4 is 9.47 Å². The van der Waals surface area contributed by atoms with Crippen LogP contribution in [0.1, 0.15) is 36.8 Å². The fourth-order valence-electron chi connectivity index (χ4n) is 4.91. The number of hydrogen-bond acceptors (Lipinski definition) is 5. The molecule has 2 N–H and O–H groups in total. The molecular formula is C27H29N3O4. The van der Waals surface area contributed by atoms with Crippen molar-refractivity contribution >= 4 is 33.7 Å². The fraction of sp³-hybridized carbons (Fsp3) is 0.333. The number of aromatic amines is 2. The molecule has 4 aromatic rings. The SMILES string of the molecule is Cc1c[nH]c2cccc(OC(=O)CCC(=O)Oc3cccc4[nH]cc(C[C@H]5CCCN5C)c34)c12. The molecule has 34 heavy (non-hydrogen) atoms. The molecule has 1 aliphatic heterocycles. The quantitative estimate of drug-likeness (QED) is 0.304. The van der Waals surface area contributed by atoms with Gasteiger partial charge in [-0.25, -0.2) is 0 Å². The summed E-state index contributed by atoms with van der Waals surface area (Å²) in [4.78, 5) is 33.9. The minimum absolute atomic E-state index is 0.0531. The zero-order valence-corrected chi connectivity index (χ0v) is 19.5. The van der Waals surface area contributed by atoms with Gasteiger partial charge >= 0.3 is 11.9 Å². The number of carbonyl (C=O) groups excluding carboxylic acids is 2. The van der Waals surface area contributed by atoms with Gasteiger partial charge in [0.1, 0.15) is 11.5 Å². The lowest BCUT2D eigenvalue weighted by atomic mass is 10.0. The second-order valence-electron chi connectivity index (χ2n) is 9.07. The van der Waals surface area contributed by atoms with Crippen LogP contribution in [0.5, 0.6) is 11.5 Å². The summed E-state index contributed by atoms with van der Waals surface area (Å²) in [7, 11) is 2.16. The van der Waals surface area contributed by atoms with Crippen molar-refractivity contribution in [1.82, 2.24) is 14.9 Å². The average Bonchev–Trinajstić information content (AvgIpc) is 3.53. The van der Waals surface area contributed by atoms with Crippen LogP contribution >= 0.6 is 0 Å². The lowest BCUT2D eigenvalue weighted by Gasteiger charge is -2.19. The highest BCUT2D eigenvalue weighted by molar-refractivity contribution is 5.93. The number of nitrogens with one attached hydrogen (secondary N) is 2. The van der Waals surface area contributed by atoms with Gasteiger partial charge in [0.15, 0.2) is 0 Å². The predicted octanol–water partition coefficient (Wildman–Crippen LogP) is 4.89.